The summed E-state index contributed by atoms with van der Waals surface area (Å²) in [5.74, 6) is -0.0580. The van der Waals surface area contributed by atoms with E-state index in [1.807, 2.05) is 0 Å². The molecule has 4 N–H and O–H groups in total. The van der Waals surface area contributed by atoms with E-state index in [9.17, 15) is 9.90 Å². The van der Waals surface area contributed by atoms with Gasteiger partial charge in [-0.25, -0.2) is 0 Å². The zero-order valence-electron chi connectivity index (χ0n) is 10.7. The molecule has 0 bridgehead atoms. The van der Waals surface area contributed by atoms with Crippen LogP contribution in [0.25, 0.3) is 0 Å². The van der Waals surface area contributed by atoms with E-state index in [2.05, 4.69) is 5.32 Å². The Balaban J connectivity index is 2.21. The predicted octanol–water partition coefficient (Wildman–Crippen LogP) is 0.906. The second kappa shape index (κ2) is 4.86. The second-order valence-corrected chi connectivity index (χ2v) is 4.97. The third-order valence-corrected chi connectivity index (χ3v) is 3.15. The van der Waals surface area contributed by atoms with Gasteiger partial charge < -0.3 is 21.1 Å². The first kappa shape index (κ1) is 12.7. The van der Waals surface area contributed by atoms with Crippen LogP contribution in [0.1, 0.15) is 23.2 Å². The van der Waals surface area contributed by atoms with Crippen molar-refractivity contribution in [2.75, 3.05) is 25.1 Å². The Kier molecular flexibility index (Phi) is 3.43. The number of nitrogens with zero attached hydrogens (tertiary/aromatic N) is 1. The van der Waals surface area contributed by atoms with Crippen molar-refractivity contribution in [2.24, 2.45) is 0 Å². The van der Waals surface area contributed by atoms with Gasteiger partial charge in [0.1, 0.15) is 0 Å². The van der Waals surface area contributed by atoms with Crippen LogP contribution in [0, 0.1) is 0 Å². The molecule has 5 heteroatoms. The Labute approximate surface area is 107 Å². The Morgan fingerprint density at radius 1 is 1.44 bits per heavy atom. The van der Waals surface area contributed by atoms with Crippen LogP contribution in [0.15, 0.2) is 18.2 Å². The second-order valence-electron chi connectivity index (χ2n) is 4.97. The van der Waals surface area contributed by atoms with Gasteiger partial charge in [0.15, 0.2) is 0 Å². The molecule has 18 heavy (non-hydrogen) atoms. The summed E-state index contributed by atoms with van der Waals surface area (Å²) in [4.78, 5) is 13.6. The molecule has 0 heterocycles. The van der Waals surface area contributed by atoms with Crippen molar-refractivity contribution in [3.05, 3.63) is 23.8 Å². The van der Waals surface area contributed by atoms with E-state index < -0.39 is 0 Å². The van der Waals surface area contributed by atoms with Crippen LogP contribution in [-0.2, 0) is 0 Å². The molecule has 0 atom stereocenters. The summed E-state index contributed by atoms with van der Waals surface area (Å²) in [6.45, 7) is 0. The van der Waals surface area contributed by atoms with E-state index in [0.29, 0.717) is 24.1 Å². The van der Waals surface area contributed by atoms with Crippen molar-refractivity contribution in [3.63, 3.8) is 0 Å². The monoisotopic (exact) mass is 249 g/mol. The molecule has 0 aromatic heterocycles. The number of aliphatic hydroxyl groups is 1. The number of carbonyl (C=O) groups excluding carboxylic acids is 1. The Morgan fingerprint density at radius 3 is 2.67 bits per heavy atom. The number of hydrogen-bond donors (Lipinski definition) is 3. The van der Waals surface area contributed by atoms with Gasteiger partial charge in [0, 0.05) is 31.5 Å². The predicted molar refractivity (Wildman–Crippen MR) is 71.5 cm³/mol. The number of nitrogen functional groups attached to an aromatic ring is 1. The number of nitrogens with two attached hydrogens (primary N) is 1. The van der Waals surface area contributed by atoms with Gasteiger partial charge in [-0.2, -0.15) is 0 Å². The zero-order valence-corrected chi connectivity index (χ0v) is 10.7. The number of anilines is 2. The zero-order chi connectivity index (χ0) is 13.3. The third-order valence-electron chi connectivity index (χ3n) is 3.15. The molecule has 98 valence electrons. The summed E-state index contributed by atoms with van der Waals surface area (Å²) in [5, 5.41) is 12.5. The smallest absolute Gasteiger partial charge is 0.255 e. The molecule has 0 unspecified atom stereocenters. The molecule has 1 aliphatic carbocycles. The third kappa shape index (κ3) is 2.56. The molecule has 0 aliphatic heterocycles. The molecule has 0 saturated heterocycles. The summed E-state index contributed by atoms with van der Waals surface area (Å²) < 4.78 is 0. The van der Waals surface area contributed by atoms with Gasteiger partial charge >= 0.3 is 0 Å². The minimum Gasteiger partial charge on any atom is -0.399 e. The van der Waals surface area contributed by atoms with Gasteiger partial charge in [-0.3, -0.25) is 4.79 Å². The highest BCUT2D eigenvalue weighted by atomic mass is 16.3. The maximum atomic E-state index is 12.0. The molecule has 1 aliphatic rings. The number of aliphatic hydroxyl groups excluding tert-OH is 1. The van der Waals surface area contributed by atoms with Crippen LogP contribution < -0.4 is 11.1 Å². The first-order valence-electron chi connectivity index (χ1n) is 6.03. The number of benzene rings is 1. The van der Waals surface area contributed by atoms with E-state index >= 15 is 0 Å². The number of rotatable bonds is 3. The Hall–Kier alpha value is -1.75. The highest BCUT2D eigenvalue weighted by Gasteiger charge is 2.28. The van der Waals surface area contributed by atoms with Crippen LogP contribution in [0.2, 0.25) is 0 Å². The van der Waals surface area contributed by atoms with Crippen LogP contribution in [0.3, 0.4) is 0 Å². The fourth-order valence-corrected chi connectivity index (χ4v) is 2.03. The lowest BCUT2D eigenvalue weighted by Crippen LogP contribution is -2.39. The molecular formula is C13H19N3O2. The van der Waals surface area contributed by atoms with Crippen molar-refractivity contribution >= 4 is 17.3 Å². The summed E-state index contributed by atoms with van der Waals surface area (Å²) in [6, 6.07) is 5.43. The van der Waals surface area contributed by atoms with Gasteiger partial charge in [-0.05, 0) is 31.0 Å². The number of nitrogens with one attached hydrogen (secondary N) is 1. The van der Waals surface area contributed by atoms with Crippen molar-refractivity contribution < 1.29 is 9.90 Å². The molecule has 2 rings (SSSR count). The van der Waals surface area contributed by atoms with Crippen molar-refractivity contribution in [1.29, 1.82) is 0 Å². The van der Waals surface area contributed by atoms with E-state index in [-0.39, 0.29) is 18.1 Å². The van der Waals surface area contributed by atoms with Gasteiger partial charge in [-0.1, -0.05) is 0 Å². The van der Waals surface area contributed by atoms with Crippen molar-refractivity contribution in [2.45, 2.75) is 25.0 Å². The van der Waals surface area contributed by atoms with Gasteiger partial charge in [-0.15, -0.1) is 0 Å². The Morgan fingerprint density at radius 2 is 2.11 bits per heavy atom. The lowest BCUT2D eigenvalue weighted by molar-refractivity contribution is 0.0822. The largest absolute Gasteiger partial charge is 0.399 e. The fourth-order valence-electron chi connectivity index (χ4n) is 2.03. The first-order valence-corrected chi connectivity index (χ1v) is 6.03. The topological polar surface area (TPSA) is 78.6 Å². The van der Waals surface area contributed by atoms with E-state index in [1.165, 1.54) is 4.90 Å². The maximum absolute atomic E-state index is 12.0. The maximum Gasteiger partial charge on any atom is 0.255 e. The quantitative estimate of drug-likeness (QED) is 0.696. The van der Waals surface area contributed by atoms with E-state index in [4.69, 9.17) is 5.73 Å². The molecule has 1 amide bonds. The minimum absolute atomic E-state index is 0.0580. The molecule has 1 aromatic carbocycles. The van der Waals surface area contributed by atoms with E-state index in [1.54, 1.807) is 32.3 Å². The Bertz CT molecular complexity index is 454. The number of carbonyl (C=O) groups is 1. The molecule has 1 fully saturated rings. The van der Waals surface area contributed by atoms with Crippen LogP contribution in [0.5, 0.6) is 0 Å². The SMILES string of the molecule is CN(C)C(=O)c1ccc(N)cc1NC1CC(O)C1. The molecule has 5 nitrogen and oxygen atoms in total. The fraction of sp³-hybridized carbons (Fsp3) is 0.462. The van der Waals surface area contributed by atoms with Crippen molar-refractivity contribution in [1.82, 2.24) is 4.90 Å². The van der Waals surface area contributed by atoms with Crippen LogP contribution >= 0.6 is 0 Å². The molecule has 0 radical (unpaired) electrons. The number of amides is 1. The summed E-state index contributed by atoms with van der Waals surface area (Å²) in [5.41, 5.74) is 7.72. The summed E-state index contributed by atoms with van der Waals surface area (Å²) in [7, 11) is 3.44. The van der Waals surface area contributed by atoms with Crippen LogP contribution in [0.4, 0.5) is 11.4 Å². The normalized spacial score (nSPS) is 22.2. The van der Waals surface area contributed by atoms with Crippen LogP contribution in [-0.4, -0.2) is 42.2 Å². The lowest BCUT2D eigenvalue weighted by Gasteiger charge is -2.33. The summed E-state index contributed by atoms with van der Waals surface area (Å²) >= 11 is 0. The van der Waals surface area contributed by atoms with E-state index in [0.717, 1.165) is 5.69 Å². The molecule has 1 aromatic rings. The van der Waals surface area contributed by atoms with Gasteiger partial charge in [0.2, 0.25) is 0 Å². The standard InChI is InChI=1S/C13H19N3O2/c1-16(2)13(18)11-4-3-8(14)5-12(11)15-9-6-10(17)7-9/h3-5,9-10,15,17H,6-7,14H2,1-2H3. The average molecular weight is 249 g/mol. The number of hydrogen-bond acceptors (Lipinski definition) is 4. The highest BCUT2D eigenvalue weighted by Crippen LogP contribution is 2.27. The summed E-state index contributed by atoms with van der Waals surface area (Å²) in [6.07, 6.45) is 1.20. The lowest BCUT2D eigenvalue weighted by atomic mass is 9.89. The van der Waals surface area contributed by atoms with Gasteiger partial charge in [0.25, 0.3) is 5.91 Å². The molecule has 1 saturated carbocycles. The molecule has 0 spiro atoms. The van der Waals surface area contributed by atoms with Crippen molar-refractivity contribution in [3.8, 4) is 0 Å². The first-order chi connectivity index (χ1) is 8.47. The minimum atomic E-state index is -0.225. The molecular weight excluding hydrogens is 230 g/mol. The van der Waals surface area contributed by atoms with Gasteiger partial charge in [0.05, 0.1) is 11.7 Å². The average Bonchev–Trinajstić information content (AvgIpc) is 2.26. The highest BCUT2D eigenvalue weighted by molar-refractivity contribution is 6.00.